The number of hydrogen-bond donors (Lipinski definition) is 1. The fourth-order valence-electron chi connectivity index (χ4n) is 3.16. The first-order valence-corrected chi connectivity index (χ1v) is 8.03. The Morgan fingerprint density at radius 1 is 1.17 bits per heavy atom. The van der Waals surface area contributed by atoms with Crippen molar-refractivity contribution in [2.24, 2.45) is 0 Å². The van der Waals surface area contributed by atoms with Gasteiger partial charge in [-0.2, -0.15) is 0 Å². The van der Waals surface area contributed by atoms with Gasteiger partial charge >= 0.3 is 5.97 Å². The summed E-state index contributed by atoms with van der Waals surface area (Å²) in [6, 6.07) is 9.26. The molecule has 0 amide bonds. The lowest BCUT2D eigenvalue weighted by Crippen LogP contribution is -2.14. The van der Waals surface area contributed by atoms with Crippen LogP contribution in [0.1, 0.15) is 51.0 Å². The van der Waals surface area contributed by atoms with E-state index in [-0.39, 0.29) is 5.78 Å². The molecule has 0 aliphatic carbocycles. The molecule has 4 nitrogen and oxygen atoms in total. The zero-order valence-electron chi connectivity index (χ0n) is 14.1. The Kier molecular flexibility index (Phi) is 4.14. The largest absolute Gasteiger partial charge is 0.492 e. The molecule has 2 aromatic rings. The van der Waals surface area contributed by atoms with Gasteiger partial charge in [-0.15, -0.1) is 0 Å². The summed E-state index contributed by atoms with van der Waals surface area (Å²) in [5.74, 6) is -1.07. The van der Waals surface area contributed by atoms with E-state index in [4.69, 9.17) is 4.74 Å². The molecule has 1 atom stereocenters. The second kappa shape index (κ2) is 6.11. The third-order valence-electron chi connectivity index (χ3n) is 4.65. The van der Waals surface area contributed by atoms with Crippen molar-refractivity contribution in [3.63, 3.8) is 0 Å². The molecule has 0 spiro atoms. The number of benzene rings is 2. The summed E-state index contributed by atoms with van der Waals surface area (Å²) in [4.78, 5) is 24.5. The summed E-state index contributed by atoms with van der Waals surface area (Å²) in [5.41, 5.74) is 4.45. The van der Waals surface area contributed by atoms with Crippen LogP contribution in [0.25, 0.3) is 0 Å². The average molecular weight is 324 g/mol. The molecule has 1 heterocycles. The summed E-state index contributed by atoms with van der Waals surface area (Å²) in [6.45, 7) is 5.94. The number of ketones is 1. The number of aliphatic carboxylic acids is 1. The fourth-order valence-corrected chi connectivity index (χ4v) is 3.16. The van der Waals surface area contributed by atoms with E-state index >= 15 is 0 Å². The minimum Gasteiger partial charge on any atom is -0.492 e. The van der Waals surface area contributed by atoms with Gasteiger partial charge in [-0.25, -0.2) is 0 Å². The molecule has 1 aliphatic rings. The first-order valence-electron chi connectivity index (χ1n) is 8.03. The number of carbonyl (C=O) groups is 2. The summed E-state index contributed by atoms with van der Waals surface area (Å²) >= 11 is 0. The lowest BCUT2D eigenvalue weighted by atomic mass is 9.87. The molecule has 1 N–H and O–H groups in total. The Morgan fingerprint density at radius 3 is 2.46 bits per heavy atom. The highest BCUT2D eigenvalue weighted by atomic mass is 16.5. The van der Waals surface area contributed by atoms with E-state index in [0.29, 0.717) is 41.0 Å². The van der Waals surface area contributed by atoms with Gasteiger partial charge in [0.1, 0.15) is 5.75 Å². The van der Waals surface area contributed by atoms with Crippen molar-refractivity contribution in [3.05, 3.63) is 63.7 Å². The highest BCUT2D eigenvalue weighted by molar-refractivity contribution is 6.12. The van der Waals surface area contributed by atoms with Crippen molar-refractivity contribution in [2.75, 3.05) is 6.61 Å². The lowest BCUT2D eigenvalue weighted by Gasteiger charge is -2.17. The third kappa shape index (κ3) is 2.68. The second-order valence-corrected chi connectivity index (χ2v) is 6.31. The fraction of sp³-hybridized carbons (Fsp3) is 0.300. The molecule has 2 aromatic carbocycles. The number of fused-ring (bicyclic) bond motifs is 1. The number of rotatable bonds is 4. The Bertz CT molecular complexity index is 819. The van der Waals surface area contributed by atoms with Gasteiger partial charge in [0.15, 0.2) is 5.78 Å². The molecular formula is C20H20O4. The summed E-state index contributed by atoms with van der Waals surface area (Å²) in [6.07, 6.45) is 0.698. The van der Waals surface area contributed by atoms with Crippen molar-refractivity contribution in [1.29, 1.82) is 0 Å². The maximum Gasteiger partial charge on any atom is 0.310 e. The average Bonchev–Trinajstić information content (AvgIpc) is 3.01. The van der Waals surface area contributed by atoms with Crippen LogP contribution in [-0.4, -0.2) is 23.5 Å². The first kappa shape index (κ1) is 16.2. The lowest BCUT2D eigenvalue weighted by molar-refractivity contribution is -0.138. The van der Waals surface area contributed by atoms with Crippen molar-refractivity contribution in [2.45, 2.75) is 33.1 Å². The number of aryl methyl sites for hydroxylation is 1. The van der Waals surface area contributed by atoms with E-state index in [9.17, 15) is 14.7 Å². The molecule has 24 heavy (non-hydrogen) atoms. The Balaban J connectivity index is 2.17. The third-order valence-corrected chi connectivity index (χ3v) is 4.65. The van der Waals surface area contributed by atoms with Crippen LogP contribution in [0.3, 0.4) is 0 Å². The number of ether oxygens (including phenoxy) is 1. The highest BCUT2D eigenvalue weighted by Crippen LogP contribution is 2.38. The van der Waals surface area contributed by atoms with Gasteiger partial charge in [0.05, 0.1) is 18.1 Å². The minimum absolute atomic E-state index is 0.120. The van der Waals surface area contributed by atoms with Crippen LogP contribution in [0.2, 0.25) is 0 Å². The van der Waals surface area contributed by atoms with Crippen molar-refractivity contribution in [3.8, 4) is 5.75 Å². The van der Waals surface area contributed by atoms with Crippen LogP contribution in [-0.2, 0) is 11.2 Å². The predicted molar refractivity (Wildman–Crippen MR) is 91.0 cm³/mol. The van der Waals surface area contributed by atoms with Crippen molar-refractivity contribution in [1.82, 2.24) is 0 Å². The van der Waals surface area contributed by atoms with E-state index in [1.165, 1.54) is 0 Å². The van der Waals surface area contributed by atoms with Crippen LogP contribution in [0, 0.1) is 13.8 Å². The van der Waals surface area contributed by atoms with Gasteiger partial charge in [0, 0.05) is 12.0 Å². The van der Waals surface area contributed by atoms with Crippen LogP contribution >= 0.6 is 0 Å². The monoisotopic (exact) mass is 324 g/mol. The predicted octanol–water partition coefficient (Wildman–Crippen LogP) is 3.66. The standard InChI is InChI=1S/C20H20O4/c1-11-4-6-14(7-5-11)18(21)17-12(2)16(13(3)20(22)23)10-15-8-9-24-19(15)17/h4-7,10,13H,8-9H2,1-3H3,(H,22,23). The van der Waals surface area contributed by atoms with E-state index in [0.717, 1.165) is 11.1 Å². The van der Waals surface area contributed by atoms with Gasteiger partial charge < -0.3 is 9.84 Å². The molecule has 124 valence electrons. The zero-order chi connectivity index (χ0) is 17.4. The SMILES string of the molecule is Cc1ccc(C(=O)c2c(C)c(C(C)C(=O)O)cc3c2OCC3)cc1. The maximum absolute atomic E-state index is 13.1. The molecule has 0 fully saturated rings. The van der Waals surface area contributed by atoms with Crippen LogP contribution < -0.4 is 4.74 Å². The van der Waals surface area contributed by atoms with Crippen LogP contribution in [0.15, 0.2) is 30.3 Å². The second-order valence-electron chi connectivity index (χ2n) is 6.31. The summed E-state index contributed by atoms with van der Waals surface area (Å²) < 4.78 is 5.70. The number of carboxylic acid groups (broad SMARTS) is 1. The Labute approximate surface area is 141 Å². The molecular weight excluding hydrogens is 304 g/mol. The first-order chi connectivity index (χ1) is 11.4. The number of carboxylic acids is 1. The molecule has 0 bridgehead atoms. The van der Waals surface area contributed by atoms with Crippen LogP contribution in [0.5, 0.6) is 5.75 Å². The quantitative estimate of drug-likeness (QED) is 0.872. The normalized spacial score (nSPS) is 14.0. The molecule has 0 radical (unpaired) electrons. The topological polar surface area (TPSA) is 63.6 Å². The van der Waals surface area contributed by atoms with E-state index < -0.39 is 11.9 Å². The minimum atomic E-state index is -0.897. The molecule has 3 rings (SSSR count). The molecule has 0 saturated carbocycles. The van der Waals surface area contributed by atoms with Crippen molar-refractivity contribution >= 4 is 11.8 Å². The van der Waals surface area contributed by atoms with Gasteiger partial charge in [-0.05, 0) is 37.5 Å². The van der Waals surface area contributed by atoms with E-state index in [1.807, 2.05) is 25.1 Å². The summed E-state index contributed by atoms with van der Waals surface area (Å²) in [7, 11) is 0. The van der Waals surface area contributed by atoms with E-state index in [2.05, 4.69) is 0 Å². The van der Waals surface area contributed by atoms with Crippen LogP contribution in [0.4, 0.5) is 0 Å². The van der Waals surface area contributed by atoms with Crippen molar-refractivity contribution < 1.29 is 19.4 Å². The zero-order valence-corrected chi connectivity index (χ0v) is 14.1. The molecule has 4 heteroatoms. The number of hydrogen-bond acceptors (Lipinski definition) is 3. The molecule has 0 aromatic heterocycles. The molecule has 1 unspecified atom stereocenters. The van der Waals surface area contributed by atoms with Gasteiger partial charge in [0.25, 0.3) is 0 Å². The Morgan fingerprint density at radius 2 is 1.83 bits per heavy atom. The summed E-state index contributed by atoms with van der Waals surface area (Å²) in [5, 5.41) is 9.37. The van der Waals surface area contributed by atoms with Gasteiger partial charge in [-0.3, -0.25) is 9.59 Å². The smallest absolute Gasteiger partial charge is 0.310 e. The highest BCUT2D eigenvalue weighted by Gasteiger charge is 2.29. The van der Waals surface area contributed by atoms with Gasteiger partial charge in [-0.1, -0.05) is 35.9 Å². The molecule has 1 aliphatic heterocycles. The van der Waals surface area contributed by atoms with E-state index in [1.54, 1.807) is 26.0 Å². The Hall–Kier alpha value is -2.62. The molecule has 0 saturated heterocycles. The van der Waals surface area contributed by atoms with Gasteiger partial charge in [0.2, 0.25) is 0 Å². The number of carbonyl (C=O) groups excluding carboxylic acids is 1. The maximum atomic E-state index is 13.1.